The number of nitrogens with zero attached hydrogens (tertiary/aromatic N) is 2. The lowest BCUT2D eigenvalue weighted by Crippen LogP contribution is -2.11. The van der Waals surface area contributed by atoms with Gasteiger partial charge in [0.25, 0.3) is 5.91 Å². The van der Waals surface area contributed by atoms with Crippen LogP contribution in [0.5, 0.6) is 11.5 Å². The second kappa shape index (κ2) is 6.81. The molecule has 1 aliphatic rings. The van der Waals surface area contributed by atoms with E-state index in [0.29, 0.717) is 17.0 Å². The minimum Gasteiger partial charge on any atom is -0.457 e. The Labute approximate surface area is 146 Å². The summed E-state index contributed by atoms with van der Waals surface area (Å²) >= 11 is 0. The van der Waals surface area contributed by atoms with Gasteiger partial charge in [-0.15, -0.1) is 0 Å². The summed E-state index contributed by atoms with van der Waals surface area (Å²) < 4.78 is 7.67. The van der Waals surface area contributed by atoms with Crippen LogP contribution in [0, 0.1) is 5.92 Å². The highest BCUT2D eigenvalue weighted by Gasteiger charge is 2.22. The molecular weight excluding hydrogens is 314 g/mol. The number of amides is 1. The summed E-state index contributed by atoms with van der Waals surface area (Å²) in [6, 6.07) is 16.6. The molecule has 0 bridgehead atoms. The van der Waals surface area contributed by atoms with Gasteiger partial charge >= 0.3 is 0 Å². The van der Waals surface area contributed by atoms with E-state index in [9.17, 15) is 4.79 Å². The first kappa shape index (κ1) is 15.4. The molecule has 0 unspecified atom stereocenters. The predicted molar refractivity (Wildman–Crippen MR) is 95.9 cm³/mol. The number of benzene rings is 2. The second-order valence-corrected chi connectivity index (χ2v) is 6.29. The van der Waals surface area contributed by atoms with Crippen LogP contribution in [-0.4, -0.2) is 15.7 Å². The molecule has 1 amide bonds. The predicted octanol–water partition coefficient (Wildman–Crippen LogP) is 4.34. The molecule has 0 aliphatic heterocycles. The molecule has 1 N–H and O–H groups in total. The van der Waals surface area contributed by atoms with Gasteiger partial charge in [0.1, 0.15) is 11.5 Å². The fraction of sp³-hybridized carbons (Fsp3) is 0.200. The van der Waals surface area contributed by atoms with Crippen LogP contribution < -0.4 is 10.1 Å². The maximum Gasteiger partial charge on any atom is 0.255 e. The first-order valence-corrected chi connectivity index (χ1v) is 8.43. The van der Waals surface area contributed by atoms with Gasteiger partial charge in [0.2, 0.25) is 0 Å². The standard InChI is InChI=1S/C20H19N3O2/c24-20(22-17-12-21-23(14-17)13-15-9-10-15)16-5-4-8-19(11-16)25-18-6-2-1-3-7-18/h1-8,11-12,14-15H,9-10,13H2,(H,22,24). The van der Waals surface area contributed by atoms with E-state index >= 15 is 0 Å². The summed E-state index contributed by atoms with van der Waals surface area (Å²) in [4.78, 5) is 12.5. The third-order valence-electron chi connectivity index (χ3n) is 4.11. The van der Waals surface area contributed by atoms with E-state index in [0.717, 1.165) is 18.2 Å². The van der Waals surface area contributed by atoms with Gasteiger partial charge in [-0.25, -0.2) is 0 Å². The zero-order valence-corrected chi connectivity index (χ0v) is 13.8. The Hall–Kier alpha value is -3.08. The maximum absolute atomic E-state index is 12.5. The molecule has 0 radical (unpaired) electrons. The zero-order valence-electron chi connectivity index (χ0n) is 13.8. The van der Waals surface area contributed by atoms with Crippen molar-refractivity contribution < 1.29 is 9.53 Å². The number of carbonyl (C=O) groups excluding carboxylic acids is 1. The van der Waals surface area contributed by atoms with E-state index in [1.165, 1.54) is 12.8 Å². The lowest BCUT2D eigenvalue weighted by molar-refractivity contribution is 0.102. The van der Waals surface area contributed by atoms with E-state index in [2.05, 4.69) is 10.4 Å². The quantitative estimate of drug-likeness (QED) is 0.730. The Kier molecular flexibility index (Phi) is 4.21. The second-order valence-electron chi connectivity index (χ2n) is 6.29. The Balaban J connectivity index is 1.42. The number of aromatic nitrogens is 2. The van der Waals surface area contributed by atoms with Crippen molar-refractivity contribution in [1.29, 1.82) is 0 Å². The van der Waals surface area contributed by atoms with Gasteiger partial charge in [-0.05, 0) is 49.1 Å². The fourth-order valence-corrected chi connectivity index (χ4v) is 2.62. The molecule has 1 saturated carbocycles. The number of para-hydroxylation sites is 1. The van der Waals surface area contributed by atoms with E-state index in [4.69, 9.17) is 4.74 Å². The summed E-state index contributed by atoms with van der Waals surface area (Å²) in [5, 5.41) is 7.18. The normalized spacial score (nSPS) is 13.4. The minimum absolute atomic E-state index is 0.176. The summed E-state index contributed by atoms with van der Waals surface area (Å²) in [6.07, 6.45) is 6.11. The minimum atomic E-state index is -0.176. The van der Waals surface area contributed by atoms with Crippen LogP contribution in [0.3, 0.4) is 0 Å². The largest absolute Gasteiger partial charge is 0.457 e. The molecule has 1 fully saturated rings. The van der Waals surface area contributed by atoms with Crippen LogP contribution >= 0.6 is 0 Å². The molecule has 4 rings (SSSR count). The van der Waals surface area contributed by atoms with Crippen LogP contribution in [0.2, 0.25) is 0 Å². The van der Waals surface area contributed by atoms with Crippen molar-refractivity contribution in [2.24, 2.45) is 5.92 Å². The first-order chi connectivity index (χ1) is 12.3. The molecule has 126 valence electrons. The highest BCUT2D eigenvalue weighted by molar-refractivity contribution is 6.04. The number of carbonyl (C=O) groups is 1. The maximum atomic E-state index is 12.5. The van der Waals surface area contributed by atoms with Crippen LogP contribution in [0.15, 0.2) is 67.0 Å². The molecule has 1 aromatic heterocycles. The molecular formula is C20H19N3O2. The van der Waals surface area contributed by atoms with Gasteiger partial charge in [0, 0.05) is 18.3 Å². The zero-order chi connectivity index (χ0) is 17.1. The van der Waals surface area contributed by atoms with Crippen LogP contribution in [0.1, 0.15) is 23.2 Å². The lowest BCUT2D eigenvalue weighted by atomic mass is 10.2. The summed E-state index contributed by atoms with van der Waals surface area (Å²) in [6.45, 7) is 0.927. The van der Waals surface area contributed by atoms with Crippen molar-refractivity contribution in [3.05, 3.63) is 72.6 Å². The number of nitrogens with one attached hydrogen (secondary N) is 1. The monoisotopic (exact) mass is 333 g/mol. The Morgan fingerprint density at radius 2 is 1.92 bits per heavy atom. The SMILES string of the molecule is O=C(Nc1cnn(CC2CC2)c1)c1cccc(Oc2ccccc2)c1. The molecule has 0 spiro atoms. The van der Waals surface area contributed by atoms with Gasteiger partial charge in [-0.2, -0.15) is 5.10 Å². The number of anilines is 1. The smallest absolute Gasteiger partial charge is 0.255 e. The molecule has 1 heterocycles. The van der Waals surface area contributed by atoms with E-state index in [1.807, 2.05) is 53.3 Å². The van der Waals surface area contributed by atoms with Crippen LogP contribution in [0.25, 0.3) is 0 Å². The third kappa shape index (κ3) is 4.07. The van der Waals surface area contributed by atoms with Crippen LogP contribution in [0.4, 0.5) is 5.69 Å². The summed E-state index contributed by atoms with van der Waals surface area (Å²) in [5.41, 5.74) is 1.25. The number of ether oxygens (including phenoxy) is 1. The highest BCUT2D eigenvalue weighted by atomic mass is 16.5. The van der Waals surface area contributed by atoms with E-state index in [-0.39, 0.29) is 5.91 Å². The third-order valence-corrected chi connectivity index (χ3v) is 4.11. The lowest BCUT2D eigenvalue weighted by Gasteiger charge is -2.07. The van der Waals surface area contributed by atoms with Gasteiger partial charge < -0.3 is 10.1 Å². The molecule has 0 atom stereocenters. The van der Waals surface area contributed by atoms with Crippen molar-refractivity contribution in [1.82, 2.24) is 9.78 Å². The fourth-order valence-electron chi connectivity index (χ4n) is 2.62. The average molecular weight is 333 g/mol. The van der Waals surface area contributed by atoms with Crippen molar-refractivity contribution in [3.63, 3.8) is 0 Å². The Bertz CT molecular complexity index is 869. The number of hydrogen-bond acceptors (Lipinski definition) is 3. The highest BCUT2D eigenvalue weighted by Crippen LogP contribution is 2.30. The van der Waals surface area contributed by atoms with Crippen molar-refractivity contribution >= 4 is 11.6 Å². The molecule has 5 heteroatoms. The van der Waals surface area contributed by atoms with E-state index < -0.39 is 0 Å². The molecule has 5 nitrogen and oxygen atoms in total. The average Bonchev–Trinajstić information content (AvgIpc) is 3.34. The Morgan fingerprint density at radius 1 is 1.12 bits per heavy atom. The van der Waals surface area contributed by atoms with E-state index in [1.54, 1.807) is 18.3 Å². The first-order valence-electron chi connectivity index (χ1n) is 8.43. The summed E-state index contributed by atoms with van der Waals surface area (Å²) in [7, 11) is 0. The van der Waals surface area contributed by atoms with Gasteiger partial charge in [-0.3, -0.25) is 9.48 Å². The molecule has 25 heavy (non-hydrogen) atoms. The molecule has 3 aromatic rings. The molecule has 2 aromatic carbocycles. The van der Waals surface area contributed by atoms with Crippen molar-refractivity contribution in [2.45, 2.75) is 19.4 Å². The van der Waals surface area contributed by atoms with Crippen molar-refractivity contribution in [3.8, 4) is 11.5 Å². The van der Waals surface area contributed by atoms with Gasteiger partial charge in [0.15, 0.2) is 0 Å². The Morgan fingerprint density at radius 3 is 2.72 bits per heavy atom. The summed E-state index contributed by atoms with van der Waals surface area (Å²) in [5.74, 6) is 1.93. The van der Waals surface area contributed by atoms with Crippen LogP contribution in [-0.2, 0) is 6.54 Å². The van der Waals surface area contributed by atoms with Crippen molar-refractivity contribution in [2.75, 3.05) is 5.32 Å². The topological polar surface area (TPSA) is 56.2 Å². The van der Waals surface area contributed by atoms with Gasteiger partial charge in [0.05, 0.1) is 11.9 Å². The number of rotatable bonds is 6. The molecule has 1 aliphatic carbocycles. The number of hydrogen-bond donors (Lipinski definition) is 1. The van der Waals surface area contributed by atoms with Gasteiger partial charge in [-0.1, -0.05) is 24.3 Å². The molecule has 0 saturated heterocycles.